The van der Waals surface area contributed by atoms with Crippen LogP contribution in [0.15, 0.2) is 29.2 Å². The van der Waals surface area contributed by atoms with E-state index in [1.54, 1.807) is 11.8 Å². The van der Waals surface area contributed by atoms with Crippen LogP contribution in [0.25, 0.3) is 0 Å². The second kappa shape index (κ2) is 7.03. The molecule has 21 heavy (non-hydrogen) atoms. The SMILES string of the molecule is CC(C)NC1(C(N)=O)CCCC(Sc2cccc(Cl)c2)C1. The third-order valence-electron chi connectivity index (χ3n) is 3.84. The van der Waals surface area contributed by atoms with Crippen molar-refractivity contribution < 1.29 is 4.79 Å². The monoisotopic (exact) mass is 326 g/mol. The molecule has 2 rings (SSSR count). The molecule has 2 unspecified atom stereocenters. The van der Waals surface area contributed by atoms with Crippen LogP contribution < -0.4 is 11.1 Å². The van der Waals surface area contributed by atoms with E-state index in [0.717, 1.165) is 35.6 Å². The second-order valence-electron chi connectivity index (χ2n) is 6.04. The van der Waals surface area contributed by atoms with E-state index in [1.807, 2.05) is 18.2 Å². The fourth-order valence-corrected chi connectivity index (χ4v) is 4.68. The number of primary amides is 1. The first-order valence-corrected chi connectivity index (χ1v) is 8.67. The predicted octanol–water partition coefficient (Wildman–Crippen LogP) is 3.60. The Morgan fingerprint density at radius 1 is 1.52 bits per heavy atom. The summed E-state index contributed by atoms with van der Waals surface area (Å²) in [4.78, 5) is 13.1. The van der Waals surface area contributed by atoms with Crippen LogP contribution in [0.1, 0.15) is 39.5 Å². The first-order valence-electron chi connectivity index (χ1n) is 7.41. The number of halogens is 1. The largest absolute Gasteiger partial charge is 0.368 e. The number of carbonyl (C=O) groups excluding carboxylic acids is 1. The standard InChI is InChI=1S/C16H23ClN2OS/c1-11(2)19-16(15(18)20)8-4-7-14(10-16)21-13-6-3-5-12(17)9-13/h3,5-6,9,11,14,19H,4,7-8,10H2,1-2H3,(H2,18,20). The number of rotatable bonds is 5. The van der Waals surface area contributed by atoms with Crippen LogP contribution in [0.3, 0.4) is 0 Å². The average Bonchev–Trinajstić information content (AvgIpc) is 2.38. The van der Waals surface area contributed by atoms with Gasteiger partial charge >= 0.3 is 0 Å². The second-order valence-corrected chi connectivity index (χ2v) is 7.85. The lowest BCUT2D eigenvalue weighted by Gasteiger charge is -2.40. The third kappa shape index (κ3) is 4.38. The summed E-state index contributed by atoms with van der Waals surface area (Å²) in [6.07, 6.45) is 3.72. The Hall–Kier alpha value is -0.710. The van der Waals surface area contributed by atoms with Crippen molar-refractivity contribution in [2.24, 2.45) is 5.73 Å². The Kier molecular flexibility index (Phi) is 5.58. The van der Waals surface area contributed by atoms with Gasteiger partial charge in [0.25, 0.3) is 0 Å². The quantitative estimate of drug-likeness (QED) is 0.869. The van der Waals surface area contributed by atoms with Crippen molar-refractivity contribution in [2.45, 2.75) is 61.3 Å². The Bertz CT molecular complexity index is 509. The minimum Gasteiger partial charge on any atom is -0.368 e. The Morgan fingerprint density at radius 3 is 2.90 bits per heavy atom. The maximum atomic E-state index is 12.0. The smallest absolute Gasteiger partial charge is 0.237 e. The number of benzene rings is 1. The highest BCUT2D eigenvalue weighted by atomic mass is 35.5. The van der Waals surface area contributed by atoms with Crippen LogP contribution in [0.2, 0.25) is 5.02 Å². The molecule has 116 valence electrons. The normalized spacial score (nSPS) is 26.0. The van der Waals surface area contributed by atoms with Crippen LogP contribution >= 0.6 is 23.4 Å². The fraction of sp³-hybridized carbons (Fsp3) is 0.562. The number of thioether (sulfide) groups is 1. The summed E-state index contributed by atoms with van der Waals surface area (Å²) in [6.45, 7) is 4.11. The Balaban J connectivity index is 2.10. The minimum atomic E-state index is -0.567. The first-order chi connectivity index (χ1) is 9.91. The summed E-state index contributed by atoms with van der Waals surface area (Å²) < 4.78 is 0. The van der Waals surface area contributed by atoms with E-state index in [0.29, 0.717) is 5.25 Å². The van der Waals surface area contributed by atoms with E-state index in [4.69, 9.17) is 17.3 Å². The van der Waals surface area contributed by atoms with Crippen LogP contribution in [0.5, 0.6) is 0 Å². The molecule has 0 radical (unpaired) electrons. The van der Waals surface area contributed by atoms with Gasteiger partial charge in [0.15, 0.2) is 0 Å². The van der Waals surface area contributed by atoms with Crippen LogP contribution in [0.4, 0.5) is 0 Å². The van der Waals surface area contributed by atoms with Crippen molar-refractivity contribution in [3.05, 3.63) is 29.3 Å². The predicted molar refractivity (Wildman–Crippen MR) is 89.8 cm³/mol. The lowest BCUT2D eigenvalue weighted by molar-refractivity contribution is -0.126. The molecule has 1 fully saturated rings. The molecule has 0 spiro atoms. The highest BCUT2D eigenvalue weighted by molar-refractivity contribution is 8.00. The number of nitrogens with one attached hydrogen (secondary N) is 1. The molecule has 0 bridgehead atoms. The summed E-state index contributed by atoms with van der Waals surface area (Å²) in [5.74, 6) is -0.229. The number of carbonyl (C=O) groups is 1. The molecule has 0 heterocycles. The van der Waals surface area contributed by atoms with Gasteiger partial charge in [0.05, 0.1) is 5.54 Å². The molecule has 0 aromatic heterocycles. The zero-order chi connectivity index (χ0) is 15.5. The summed E-state index contributed by atoms with van der Waals surface area (Å²) in [5, 5.41) is 4.54. The van der Waals surface area contributed by atoms with E-state index in [2.05, 4.69) is 25.2 Å². The van der Waals surface area contributed by atoms with E-state index in [1.165, 1.54) is 0 Å². The third-order valence-corrected chi connectivity index (χ3v) is 5.34. The maximum absolute atomic E-state index is 12.0. The molecule has 1 aliphatic carbocycles. The number of amides is 1. The van der Waals surface area contributed by atoms with Gasteiger partial charge < -0.3 is 11.1 Å². The van der Waals surface area contributed by atoms with Crippen molar-refractivity contribution >= 4 is 29.3 Å². The first kappa shape index (κ1) is 16.7. The molecule has 3 nitrogen and oxygen atoms in total. The zero-order valence-electron chi connectivity index (χ0n) is 12.6. The lowest BCUT2D eigenvalue weighted by atomic mass is 9.80. The molecule has 0 aliphatic heterocycles. The zero-order valence-corrected chi connectivity index (χ0v) is 14.1. The van der Waals surface area contributed by atoms with Gasteiger partial charge in [-0.15, -0.1) is 11.8 Å². The van der Waals surface area contributed by atoms with E-state index >= 15 is 0 Å². The van der Waals surface area contributed by atoms with Crippen LogP contribution in [-0.2, 0) is 4.79 Å². The summed E-state index contributed by atoms with van der Waals surface area (Å²) in [7, 11) is 0. The molecule has 1 saturated carbocycles. The number of hydrogen-bond acceptors (Lipinski definition) is 3. The molecule has 0 saturated heterocycles. The van der Waals surface area contributed by atoms with Crippen molar-refractivity contribution in [3.8, 4) is 0 Å². The van der Waals surface area contributed by atoms with Crippen LogP contribution in [-0.4, -0.2) is 22.7 Å². The van der Waals surface area contributed by atoms with E-state index in [-0.39, 0.29) is 11.9 Å². The van der Waals surface area contributed by atoms with Gasteiger partial charge in [-0.25, -0.2) is 0 Å². The topological polar surface area (TPSA) is 55.1 Å². The fourth-order valence-electron chi connectivity index (χ4n) is 3.04. The number of nitrogens with two attached hydrogens (primary N) is 1. The minimum absolute atomic E-state index is 0.229. The van der Waals surface area contributed by atoms with Crippen molar-refractivity contribution in [2.75, 3.05) is 0 Å². The van der Waals surface area contributed by atoms with Gasteiger partial charge in [-0.05, 0) is 57.7 Å². The highest BCUT2D eigenvalue weighted by Crippen LogP contribution is 2.39. The molecule has 1 aromatic carbocycles. The number of hydrogen-bond donors (Lipinski definition) is 2. The Morgan fingerprint density at radius 2 is 2.29 bits per heavy atom. The van der Waals surface area contributed by atoms with Crippen molar-refractivity contribution in [1.82, 2.24) is 5.32 Å². The van der Waals surface area contributed by atoms with Gasteiger partial charge in [-0.3, -0.25) is 4.79 Å². The summed E-state index contributed by atoms with van der Waals surface area (Å²) >= 11 is 7.83. The highest BCUT2D eigenvalue weighted by Gasteiger charge is 2.41. The molecular weight excluding hydrogens is 304 g/mol. The molecule has 1 amide bonds. The van der Waals surface area contributed by atoms with Gasteiger partial charge in [-0.2, -0.15) is 0 Å². The lowest BCUT2D eigenvalue weighted by Crippen LogP contribution is -2.60. The molecule has 5 heteroatoms. The van der Waals surface area contributed by atoms with Gasteiger partial charge in [-0.1, -0.05) is 17.7 Å². The molecule has 1 aromatic rings. The van der Waals surface area contributed by atoms with E-state index < -0.39 is 5.54 Å². The average molecular weight is 327 g/mol. The van der Waals surface area contributed by atoms with Crippen molar-refractivity contribution in [3.63, 3.8) is 0 Å². The molecule has 1 aliphatic rings. The summed E-state index contributed by atoms with van der Waals surface area (Å²) in [6, 6.07) is 8.12. The molecule has 2 atom stereocenters. The van der Waals surface area contributed by atoms with Gasteiger partial charge in [0, 0.05) is 21.2 Å². The van der Waals surface area contributed by atoms with E-state index in [9.17, 15) is 4.79 Å². The van der Waals surface area contributed by atoms with Gasteiger partial charge in [0.1, 0.15) is 0 Å². The van der Waals surface area contributed by atoms with Crippen molar-refractivity contribution in [1.29, 1.82) is 0 Å². The summed E-state index contributed by atoms with van der Waals surface area (Å²) in [5.41, 5.74) is 5.13. The Labute approximate surface area is 136 Å². The molecular formula is C16H23ClN2OS. The maximum Gasteiger partial charge on any atom is 0.237 e. The van der Waals surface area contributed by atoms with Gasteiger partial charge in [0.2, 0.25) is 5.91 Å². The van der Waals surface area contributed by atoms with Crippen LogP contribution in [0, 0.1) is 0 Å². The molecule has 3 N–H and O–H groups in total.